The van der Waals surface area contributed by atoms with Crippen LogP contribution in [-0.4, -0.2) is 53.4 Å². The predicted molar refractivity (Wildman–Crippen MR) is 106 cm³/mol. The van der Waals surface area contributed by atoms with Crippen molar-refractivity contribution in [2.24, 2.45) is 12.0 Å². The van der Waals surface area contributed by atoms with Crippen LogP contribution in [0.15, 0.2) is 17.4 Å². The molecule has 0 radical (unpaired) electrons. The van der Waals surface area contributed by atoms with Crippen LogP contribution in [0.2, 0.25) is 0 Å². The van der Waals surface area contributed by atoms with Crippen molar-refractivity contribution in [3.8, 4) is 0 Å². The van der Waals surface area contributed by atoms with Crippen molar-refractivity contribution in [1.29, 1.82) is 0 Å². The van der Waals surface area contributed by atoms with E-state index in [2.05, 4.69) is 32.5 Å². The van der Waals surface area contributed by atoms with Gasteiger partial charge in [0.15, 0.2) is 5.96 Å². The number of piperidine rings is 1. The molecular formula is C16H31IN6. The molecule has 0 spiro atoms. The van der Waals surface area contributed by atoms with Crippen LogP contribution in [0.1, 0.15) is 38.2 Å². The number of aryl methyl sites for hydroxylation is 1. The highest BCUT2D eigenvalue weighted by atomic mass is 127. The van der Waals surface area contributed by atoms with Crippen molar-refractivity contribution in [2.75, 3.05) is 26.7 Å². The van der Waals surface area contributed by atoms with E-state index in [1.165, 1.54) is 32.4 Å². The Labute approximate surface area is 157 Å². The molecule has 0 amide bonds. The first-order valence-electron chi connectivity index (χ1n) is 8.35. The van der Waals surface area contributed by atoms with E-state index in [-0.39, 0.29) is 24.0 Å². The van der Waals surface area contributed by atoms with Gasteiger partial charge in [-0.15, -0.1) is 24.0 Å². The van der Waals surface area contributed by atoms with Gasteiger partial charge in [0.2, 0.25) is 0 Å². The summed E-state index contributed by atoms with van der Waals surface area (Å²) in [7, 11) is 3.74. The van der Waals surface area contributed by atoms with Crippen LogP contribution in [0.4, 0.5) is 0 Å². The molecule has 23 heavy (non-hydrogen) atoms. The van der Waals surface area contributed by atoms with Crippen LogP contribution in [0.25, 0.3) is 0 Å². The molecule has 7 heteroatoms. The minimum Gasteiger partial charge on any atom is -0.356 e. The molecule has 1 atom stereocenters. The summed E-state index contributed by atoms with van der Waals surface area (Å²) in [6.45, 7) is 6.48. The Morgan fingerprint density at radius 1 is 1.39 bits per heavy atom. The van der Waals surface area contributed by atoms with Gasteiger partial charge in [-0.1, -0.05) is 6.42 Å². The number of guanidine groups is 1. The maximum absolute atomic E-state index is 4.26. The van der Waals surface area contributed by atoms with Crippen LogP contribution < -0.4 is 10.6 Å². The summed E-state index contributed by atoms with van der Waals surface area (Å²) in [5.41, 5.74) is 1.16. The van der Waals surface area contributed by atoms with Crippen LogP contribution in [0.5, 0.6) is 0 Å². The second-order valence-electron chi connectivity index (χ2n) is 6.11. The molecule has 2 rings (SSSR count). The average Bonchev–Trinajstić information content (AvgIpc) is 2.94. The minimum absolute atomic E-state index is 0. The zero-order valence-corrected chi connectivity index (χ0v) is 16.9. The summed E-state index contributed by atoms with van der Waals surface area (Å²) in [5, 5.41) is 10.9. The lowest BCUT2D eigenvalue weighted by molar-refractivity contribution is 0.159. The fraction of sp³-hybridized carbons (Fsp3) is 0.750. The summed E-state index contributed by atoms with van der Waals surface area (Å²) in [4.78, 5) is 6.87. The largest absolute Gasteiger partial charge is 0.356 e. The van der Waals surface area contributed by atoms with Gasteiger partial charge in [0.05, 0.1) is 6.20 Å². The Kier molecular flexibility index (Phi) is 9.54. The lowest BCUT2D eigenvalue weighted by atomic mass is 10.0. The minimum atomic E-state index is 0. The number of hydrogen-bond acceptors (Lipinski definition) is 3. The average molecular weight is 434 g/mol. The van der Waals surface area contributed by atoms with Gasteiger partial charge in [-0.05, 0) is 32.7 Å². The molecule has 1 aliphatic rings. The SMILES string of the molecule is CN=C(NCCCN1CCCCC1C)NCc1cnn(C)c1.I. The number of aromatic nitrogens is 2. The monoisotopic (exact) mass is 434 g/mol. The lowest BCUT2D eigenvalue weighted by Gasteiger charge is -2.33. The number of rotatable bonds is 6. The number of nitrogens with zero attached hydrogens (tertiary/aromatic N) is 4. The third kappa shape index (κ3) is 7.07. The van der Waals surface area contributed by atoms with E-state index >= 15 is 0 Å². The van der Waals surface area contributed by atoms with Gasteiger partial charge in [-0.25, -0.2) is 0 Å². The zero-order chi connectivity index (χ0) is 15.8. The molecule has 2 heterocycles. The van der Waals surface area contributed by atoms with E-state index in [9.17, 15) is 0 Å². The first kappa shape index (κ1) is 20.2. The van der Waals surface area contributed by atoms with Crippen LogP contribution in [0, 0.1) is 0 Å². The molecule has 1 unspecified atom stereocenters. The second kappa shape index (κ2) is 10.9. The fourth-order valence-electron chi connectivity index (χ4n) is 2.95. The van der Waals surface area contributed by atoms with E-state index in [4.69, 9.17) is 0 Å². The lowest BCUT2D eigenvalue weighted by Crippen LogP contribution is -2.41. The Hall–Kier alpha value is -0.830. The molecule has 1 aliphatic heterocycles. The van der Waals surface area contributed by atoms with Gasteiger partial charge < -0.3 is 15.5 Å². The maximum atomic E-state index is 4.26. The number of halogens is 1. The van der Waals surface area contributed by atoms with Crippen LogP contribution >= 0.6 is 24.0 Å². The Morgan fingerprint density at radius 3 is 2.87 bits per heavy atom. The van der Waals surface area contributed by atoms with E-state index in [1.807, 2.05) is 31.2 Å². The number of aliphatic imine (C=N–C) groups is 1. The third-order valence-corrected chi connectivity index (χ3v) is 4.30. The molecule has 0 aliphatic carbocycles. The van der Waals surface area contributed by atoms with Gasteiger partial charge in [0, 0.05) is 51.5 Å². The zero-order valence-electron chi connectivity index (χ0n) is 14.6. The molecule has 1 fully saturated rings. The quantitative estimate of drug-likeness (QED) is 0.311. The Bertz CT molecular complexity index is 473. The normalized spacial score (nSPS) is 19.3. The van der Waals surface area contributed by atoms with Crippen molar-refractivity contribution in [3.05, 3.63) is 18.0 Å². The molecule has 0 aromatic carbocycles. The summed E-state index contributed by atoms with van der Waals surface area (Å²) in [5.74, 6) is 0.857. The van der Waals surface area contributed by atoms with Crippen molar-refractivity contribution < 1.29 is 0 Å². The molecule has 0 saturated carbocycles. The van der Waals surface area contributed by atoms with Crippen LogP contribution in [0.3, 0.4) is 0 Å². The fourth-order valence-corrected chi connectivity index (χ4v) is 2.95. The van der Waals surface area contributed by atoms with Crippen molar-refractivity contribution in [3.63, 3.8) is 0 Å². The molecule has 2 N–H and O–H groups in total. The van der Waals surface area contributed by atoms with Crippen molar-refractivity contribution in [2.45, 2.75) is 45.2 Å². The second-order valence-corrected chi connectivity index (χ2v) is 6.11. The van der Waals surface area contributed by atoms with E-state index < -0.39 is 0 Å². The summed E-state index contributed by atoms with van der Waals surface area (Å²) in [6, 6.07) is 0.747. The smallest absolute Gasteiger partial charge is 0.191 e. The number of nitrogens with one attached hydrogen (secondary N) is 2. The maximum Gasteiger partial charge on any atom is 0.191 e. The van der Waals surface area contributed by atoms with E-state index in [1.54, 1.807) is 0 Å². The van der Waals surface area contributed by atoms with Gasteiger partial charge in [-0.3, -0.25) is 9.67 Å². The Morgan fingerprint density at radius 2 is 2.22 bits per heavy atom. The van der Waals surface area contributed by atoms with Crippen LogP contribution in [-0.2, 0) is 13.6 Å². The van der Waals surface area contributed by atoms with E-state index in [0.29, 0.717) is 0 Å². The molecule has 0 bridgehead atoms. The number of likely N-dealkylation sites (tertiary alicyclic amines) is 1. The highest BCUT2D eigenvalue weighted by molar-refractivity contribution is 14.0. The van der Waals surface area contributed by atoms with E-state index in [0.717, 1.165) is 37.1 Å². The van der Waals surface area contributed by atoms with Gasteiger partial charge in [-0.2, -0.15) is 5.10 Å². The first-order chi connectivity index (χ1) is 10.7. The molecule has 1 aromatic rings. The van der Waals surface area contributed by atoms with Gasteiger partial charge >= 0.3 is 0 Å². The predicted octanol–water partition coefficient (Wildman–Crippen LogP) is 1.97. The molecule has 6 nitrogen and oxygen atoms in total. The topological polar surface area (TPSA) is 57.5 Å². The summed E-state index contributed by atoms with van der Waals surface area (Å²) >= 11 is 0. The molecule has 1 aromatic heterocycles. The van der Waals surface area contributed by atoms with Crippen molar-refractivity contribution in [1.82, 2.24) is 25.3 Å². The highest BCUT2D eigenvalue weighted by Gasteiger charge is 2.17. The number of hydrogen-bond donors (Lipinski definition) is 2. The Balaban J connectivity index is 0.00000264. The third-order valence-electron chi connectivity index (χ3n) is 4.30. The van der Waals surface area contributed by atoms with Gasteiger partial charge in [0.1, 0.15) is 0 Å². The molecule has 132 valence electrons. The molecule has 1 saturated heterocycles. The summed E-state index contributed by atoms with van der Waals surface area (Å²) < 4.78 is 1.81. The van der Waals surface area contributed by atoms with Gasteiger partial charge in [0.25, 0.3) is 0 Å². The standard InChI is InChI=1S/C16H30N6.HI/c1-14-7-4-5-9-22(14)10-6-8-18-16(17-2)19-11-15-12-20-21(3)13-15;/h12-14H,4-11H2,1-3H3,(H2,17,18,19);1H. The first-order valence-corrected chi connectivity index (χ1v) is 8.35. The highest BCUT2D eigenvalue weighted by Crippen LogP contribution is 2.15. The van der Waals surface area contributed by atoms with Crippen molar-refractivity contribution >= 4 is 29.9 Å². The summed E-state index contributed by atoms with van der Waals surface area (Å²) in [6.07, 6.45) is 9.13. The molecular weight excluding hydrogens is 403 g/mol.